The summed E-state index contributed by atoms with van der Waals surface area (Å²) in [5.41, 5.74) is 3.17. The molecule has 118 valence electrons. The third-order valence-electron chi connectivity index (χ3n) is 4.97. The molecule has 0 radical (unpaired) electrons. The number of carbonyl (C=O) groups is 1. The van der Waals surface area contributed by atoms with Crippen molar-refractivity contribution in [3.63, 3.8) is 0 Å². The van der Waals surface area contributed by atoms with Crippen LogP contribution in [0.15, 0.2) is 24.4 Å². The summed E-state index contributed by atoms with van der Waals surface area (Å²) in [6.07, 6.45) is 9.81. The Kier molecular flexibility index (Phi) is 4.51. The minimum Gasteiger partial charge on any atom is -0.352 e. The summed E-state index contributed by atoms with van der Waals surface area (Å²) < 4.78 is 2.06. The fraction of sp³-hybridized carbons (Fsp3) is 0.526. The number of hydrogen-bond acceptors (Lipinski definition) is 1. The van der Waals surface area contributed by atoms with Gasteiger partial charge in [0.2, 0.25) is 0 Å². The van der Waals surface area contributed by atoms with E-state index in [-0.39, 0.29) is 5.91 Å². The maximum absolute atomic E-state index is 12.6. The summed E-state index contributed by atoms with van der Waals surface area (Å²) in [5, 5.41) is 4.23. The van der Waals surface area contributed by atoms with Gasteiger partial charge in [0.15, 0.2) is 0 Å². The van der Waals surface area contributed by atoms with E-state index < -0.39 is 0 Å². The van der Waals surface area contributed by atoms with Crippen LogP contribution in [0.2, 0.25) is 0 Å². The molecule has 3 nitrogen and oxygen atoms in total. The maximum Gasteiger partial charge on any atom is 0.253 e. The van der Waals surface area contributed by atoms with Crippen LogP contribution in [-0.2, 0) is 7.05 Å². The van der Waals surface area contributed by atoms with Gasteiger partial charge in [-0.25, -0.2) is 0 Å². The molecule has 1 aromatic heterocycles. The van der Waals surface area contributed by atoms with Gasteiger partial charge in [0.25, 0.3) is 5.91 Å². The predicted molar refractivity (Wildman–Crippen MR) is 91.2 cm³/mol. The molecule has 1 aromatic carbocycles. The van der Waals surface area contributed by atoms with E-state index in [4.69, 9.17) is 0 Å². The van der Waals surface area contributed by atoms with Crippen molar-refractivity contribution in [3.05, 3.63) is 35.5 Å². The van der Waals surface area contributed by atoms with Crippen LogP contribution in [0.5, 0.6) is 0 Å². The molecular weight excluding hydrogens is 272 g/mol. The summed E-state index contributed by atoms with van der Waals surface area (Å²) in [6.45, 7) is 2.91. The quantitative estimate of drug-likeness (QED) is 0.847. The topological polar surface area (TPSA) is 34.0 Å². The number of nitrogens with zero attached hydrogens (tertiary/aromatic N) is 1. The van der Waals surface area contributed by atoms with E-state index in [1.165, 1.54) is 44.1 Å². The molecule has 2 aromatic rings. The first-order valence-corrected chi connectivity index (χ1v) is 8.49. The number of aromatic nitrogens is 1. The van der Waals surface area contributed by atoms with E-state index in [0.29, 0.717) is 5.92 Å². The molecule has 3 rings (SSSR count). The molecule has 1 saturated carbocycles. The van der Waals surface area contributed by atoms with Crippen molar-refractivity contribution < 1.29 is 4.79 Å². The van der Waals surface area contributed by atoms with Crippen LogP contribution in [-0.4, -0.2) is 17.0 Å². The Morgan fingerprint density at radius 3 is 2.68 bits per heavy atom. The van der Waals surface area contributed by atoms with Crippen molar-refractivity contribution >= 4 is 16.8 Å². The van der Waals surface area contributed by atoms with Crippen LogP contribution >= 0.6 is 0 Å². The summed E-state index contributed by atoms with van der Waals surface area (Å²) >= 11 is 0. The third-order valence-corrected chi connectivity index (χ3v) is 4.97. The monoisotopic (exact) mass is 298 g/mol. The van der Waals surface area contributed by atoms with E-state index in [0.717, 1.165) is 23.0 Å². The summed E-state index contributed by atoms with van der Waals surface area (Å²) in [5.74, 6) is 0.726. The van der Waals surface area contributed by atoms with E-state index in [2.05, 4.69) is 22.9 Å². The number of nitrogens with one attached hydrogen (secondary N) is 1. The minimum atomic E-state index is 0.0699. The van der Waals surface area contributed by atoms with Crippen molar-refractivity contribution in [1.82, 2.24) is 9.88 Å². The van der Waals surface area contributed by atoms with Gasteiger partial charge >= 0.3 is 0 Å². The molecule has 0 atom stereocenters. The number of carbonyl (C=O) groups excluding carboxylic acids is 1. The third kappa shape index (κ3) is 3.03. The van der Waals surface area contributed by atoms with Gasteiger partial charge in [-0.15, -0.1) is 0 Å². The molecule has 1 aliphatic rings. The Balaban J connectivity index is 1.74. The number of hydrogen-bond donors (Lipinski definition) is 1. The number of fused-ring (bicyclic) bond motifs is 1. The van der Waals surface area contributed by atoms with Crippen molar-refractivity contribution in [2.75, 3.05) is 6.54 Å². The van der Waals surface area contributed by atoms with Crippen LogP contribution in [0.4, 0.5) is 0 Å². The van der Waals surface area contributed by atoms with E-state index in [1.807, 2.05) is 25.4 Å². The van der Waals surface area contributed by atoms with Gasteiger partial charge in [0, 0.05) is 25.2 Å². The van der Waals surface area contributed by atoms with Crippen molar-refractivity contribution in [1.29, 1.82) is 0 Å². The summed E-state index contributed by atoms with van der Waals surface area (Å²) in [4.78, 5) is 12.6. The van der Waals surface area contributed by atoms with Crippen molar-refractivity contribution in [3.8, 4) is 0 Å². The fourth-order valence-electron chi connectivity index (χ4n) is 3.75. The average molecular weight is 298 g/mol. The second-order valence-corrected chi connectivity index (χ2v) is 6.69. The number of benzene rings is 1. The Labute approximate surface area is 132 Å². The van der Waals surface area contributed by atoms with Gasteiger partial charge in [-0.2, -0.15) is 0 Å². The largest absolute Gasteiger partial charge is 0.352 e. The lowest BCUT2D eigenvalue weighted by Gasteiger charge is -2.14. The summed E-state index contributed by atoms with van der Waals surface area (Å²) in [7, 11) is 2.01. The standard InChI is InChI=1S/C19H26N2O/c1-14-8-7-11-16-17(13-21(2)18(14)16)19(22)20-12-15-9-5-3-4-6-10-15/h7-8,11,13,15H,3-6,9-10,12H2,1-2H3,(H,20,22). The lowest BCUT2D eigenvalue weighted by Crippen LogP contribution is -2.29. The Hall–Kier alpha value is -1.77. The lowest BCUT2D eigenvalue weighted by atomic mass is 10.0. The van der Waals surface area contributed by atoms with Gasteiger partial charge in [0.1, 0.15) is 0 Å². The zero-order valence-corrected chi connectivity index (χ0v) is 13.7. The smallest absolute Gasteiger partial charge is 0.253 e. The molecule has 0 saturated heterocycles. The molecule has 22 heavy (non-hydrogen) atoms. The molecule has 1 N–H and O–H groups in total. The van der Waals surface area contributed by atoms with Gasteiger partial charge in [-0.05, 0) is 31.2 Å². The number of para-hydroxylation sites is 1. The molecule has 0 spiro atoms. The number of aryl methyl sites for hydroxylation is 2. The van der Waals surface area contributed by atoms with Crippen LogP contribution in [0.3, 0.4) is 0 Å². The van der Waals surface area contributed by atoms with E-state index in [1.54, 1.807) is 0 Å². The molecule has 1 amide bonds. The molecule has 0 unspecified atom stereocenters. The first-order valence-electron chi connectivity index (χ1n) is 8.49. The van der Waals surface area contributed by atoms with Crippen LogP contribution in [0, 0.1) is 12.8 Å². The first kappa shape index (κ1) is 15.1. The molecule has 3 heteroatoms. The zero-order valence-electron chi connectivity index (χ0n) is 13.7. The lowest BCUT2D eigenvalue weighted by molar-refractivity contribution is 0.0947. The molecule has 1 fully saturated rings. The Bertz CT molecular complexity index is 663. The molecule has 1 aliphatic carbocycles. The first-order chi connectivity index (χ1) is 10.7. The van der Waals surface area contributed by atoms with Crippen molar-refractivity contribution in [2.45, 2.75) is 45.4 Å². The second kappa shape index (κ2) is 6.55. The highest BCUT2D eigenvalue weighted by atomic mass is 16.1. The maximum atomic E-state index is 12.6. The van der Waals surface area contributed by atoms with Crippen LogP contribution in [0.1, 0.15) is 54.4 Å². The molecule has 0 bridgehead atoms. The molecule has 1 heterocycles. The van der Waals surface area contributed by atoms with Crippen molar-refractivity contribution in [2.24, 2.45) is 13.0 Å². The normalized spacial score (nSPS) is 16.6. The zero-order chi connectivity index (χ0) is 15.5. The highest BCUT2D eigenvalue weighted by Crippen LogP contribution is 2.25. The molecule has 0 aliphatic heterocycles. The van der Waals surface area contributed by atoms with Gasteiger partial charge in [-0.1, -0.05) is 43.9 Å². The van der Waals surface area contributed by atoms with E-state index in [9.17, 15) is 4.79 Å². The van der Waals surface area contributed by atoms with E-state index >= 15 is 0 Å². The number of amides is 1. The fourth-order valence-corrected chi connectivity index (χ4v) is 3.75. The van der Waals surface area contributed by atoms with Gasteiger partial charge in [0.05, 0.1) is 11.1 Å². The highest BCUT2D eigenvalue weighted by Gasteiger charge is 2.17. The molecular formula is C19H26N2O. The van der Waals surface area contributed by atoms with Crippen LogP contribution < -0.4 is 5.32 Å². The average Bonchev–Trinajstić information content (AvgIpc) is 2.70. The Morgan fingerprint density at radius 1 is 1.23 bits per heavy atom. The SMILES string of the molecule is Cc1cccc2c(C(=O)NCC3CCCCCC3)cn(C)c12. The highest BCUT2D eigenvalue weighted by molar-refractivity contribution is 6.07. The summed E-state index contributed by atoms with van der Waals surface area (Å²) in [6, 6.07) is 6.16. The predicted octanol–water partition coefficient (Wildman–Crippen LogP) is 4.19. The minimum absolute atomic E-state index is 0.0699. The number of rotatable bonds is 3. The van der Waals surface area contributed by atoms with Crippen LogP contribution in [0.25, 0.3) is 10.9 Å². The van der Waals surface area contributed by atoms with Gasteiger partial charge in [-0.3, -0.25) is 4.79 Å². The Morgan fingerprint density at radius 2 is 1.95 bits per heavy atom. The van der Waals surface area contributed by atoms with Gasteiger partial charge < -0.3 is 9.88 Å². The second-order valence-electron chi connectivity index (χ2n) is 6.69.